The van der Waals surface area contributed by atoms with E-state index in [2.05, 4.69) is 63.6 Å². The molecule has 0 bridgehead atoms. The molecule has 3 aliphatic rings. The number of aryl methyl sites for hydroxylation is 1. The zero-order valence-corrected chi connectivity index (χ0v) is 26.3. The Hall–Kier alpha value is -4.30. The fraction of sp³-hybridized carbons (Fsp3) is 0.500. The lowest BCUT2D eigenvalue weighted by atomic mass is 10.0. The molecule has 1 aromatic carbocycles. The van der Waals surface area contributed by atoms with E-state index in [4.69, 9.17) is 21.3 Å². The molecular weight excluding hydrogens is 571 g/mol. The van der Waals surface area contributed by atoms with E-state index in [-0.39, 0.29) is 24.5 Å². The average molecular weight is 613 g/mol. The van der Waals surface area contributed by atoms with Crippen LogP contribution >= 0.6 is 0 Å². The van der Waals surface area contributed by atoms with Gasteiger partial charge in [-0.3, -0.25) is 14.7 Å². The number of hydrogen-bond acceptors (Lipinski definition) is 8. The number of likely N-dealkylation sites (N-methyl/N-ethyl adjacent to an activating group) is 1. The maximum Gasteiger partial charge on any atom is 0.318 e. The molecule has 1 amide bonds. The van der Waals surface area contributed by atoms with Gasteiger partial charge < -0.3 is 24.3 Å². The van der Waals surface area contributed by atoms with E-state index in [9.17, 15) is 9.18 Å². The summed E-state index contributed by atoms with van der Waals surface area (Å²) in [5.74, 6) is 0.546. The first kappa shape index (κ1) is 30.7. The first-order chi connectivity index (χ1) is 21.9. The second-order valence-electron chi connectivity index (χ2n) is 12.3. The number of rotatable bonds is 10. The Labute approximate surface area is 264 Å². The molecule has 6 rings (SSSR count). The third kappa shape index (κ3) is 6.57. The lowest BCUT2D eigenvalue weighted by Gasteiger charge is -2.41. The Morgan fingerprint density at radius 1 is 1.22 bits per heavy atom. The molecular formula is C34H41FN8O2. The van der Waals surface area contributed by atoms with Crippen molar-refractivity contribution in [1.82, 2.24) is 24.8 Å². The Kier molecular flexibility index (Phi) is 9.12. The third-order valence-corrected chi connectivity index (χ3v) is 9.32. The van der Waals surface area contributed by atoms with Gasteiger partial charge in [-0.25, -0.2) is 11.0 Å². The van der Waals surface area contributed by atoms with Crippen LogP contribution in [0.4, 0.5) is 15.9 Å². The Balaban J connectivity index is 1.31. The van der Waals surface area contributed by atoms with Gasteiger partial charge in [-0.1, -0.05) is 18.2 Å². The first-order valence-electron chi connectivity index (χ1n) is 15.8. The Morgan fingerprint density at radius 2 is 2.07 bits per heavy atom. The molecule has 1 saturated carbocycles. The van der Waals surface area contributed by atoms with Gasteiger partial charge in [0.15, 0.2) is 0 Å². The lowest BCUT2D eigenvalue weighted by Crippen LogP contribution is -2.56. The summed E-state index contributed by atoms with van der Waals surface area (Å²) in [5, 5.41) is 2.31. The van der Waals surface area contributed by atoms with Gasteiger partial charge in [0.1, 0.15) is 25.1 Å². The summed E-state index contributed by atoms with van der Waals surface area (Å²) in [5.41, 5.74) is 4.28. The Bertz CT molecular complexity index is 1610. The number of piperazine rings is 1. The van der Waals surface area contributed by atoms with Crippen molar-refractivity contribution < 1.29 is 13.9 Å². The molecule has 2 aromatic heterocycles. The van der Waals surface area contributed by atoms with Gasteiger partial charge in [0.05, 0.1) is 24.1 Å². The summed E-state index contributed by atoms with van der Waals surface area (Å²) in [4.78, 5) is 39.5. The van der Waals surface area contributed by atoms with Crippen LogP contribution in [0.1, 0.15) is 36.6 Å². The second kappa shape index (κ2) is 13.4. The SMILES string of the molecule is [C-]#[N+]C[C@H]1CN(c2nc(OC[C@H](C)N(C)C3CC3)nc3c2CCN(c2cncc4cccc(C)c24)C3)CCN1C(=O)/C=C/CF. The summed E-state index contributed by atoms with van der Waals surface area (Å²) in [6.45, 7) is 14.6. The van der Waals surface area contributed by atoms with Crippen LogP contribution < -0.4 is 14.5 Å². The number of allylic oxidation sites excluding steroid dienone is 1. The van der Waals surface area contributed by atoms with Crippen LogP contribution in [0.25, 0.3) is 15.6 Å². The van der Waals surface area contributed by atoms with E-state index in [0.29, 0.717) is 44.8 Å². The lowest BCUT2D eigenvalue weighted by molar-refractivity contribution is -0.128. The molecule has 0 radical (unpaired) electrons. The summed E-state index contributed by atoms with van der Waals surface area (Å²) in [6, 6.07) is 7.14. The van der Waals surface area contributed by atoms with Crippen LogP contribution in [0.2, 0.25) is 0 Å². The number of nitrogens with zero attached hydrogens (tertiary/aromatic N) is 8. The van der Waals surface area contributed by atoms with Gasteiger partial charge in [-0.15, -0.1) is 0 Å². The largest absolute Gasteiger partial charge is 0.462 e. The molecule has 1 saturated heterocycles. The van der Waals surface area contributed by atoms with E-state index in [1.165, 1.54) is 35.9 Å². The van der Waals surface area contributed by atoms with Crippen LogP contribution in [0, 0.1) is 13.5 Å². The van der Waals surface area contributed by atoms with Gasteiger partial charge in [0, 0.05) is 66.9 Å². The van der Waals surface area contributed by atoms with Crippen molar-refractivity contribution in [2.24, 2.45) is 0 Å². The summed E-state index contributed by atoms with van der Waals surface area (Å²) in [6.07, 6.45) is 9.52. The third-order valence-electron chi connectivity index (χ3n) is 9.32. The average Bonchev–Trinajstić information content (AvgIpc) is 3.91. The van der Waals surface area contributed by atoms with E-state index >= 15 is 0 Å². The fourth-order valence-corrected chi connectivity index (χ4v) is 6.56. The van der Waals surface area contributed by atoms with Crippen molar-refractivity contribution in [2.75, 3.05) is 62.9 Å². The van der Waals surface area contributed by atoms with E-state index < -0.39 is 6.67 Å². The quantitative estimate of drug-likeness (QED) is 0.249. The molecule has 2 atom stereocenters. The molecule has 2 aliphatic heterocycles. The number of carbonyl (C=O) groups is 1. The molecule has 2 fully saturated rings. The van der Waals surface area contributed by atoms with Crippen LogP contribution in [0.15, 0.2) is 42.7 Å². The summed E-state index contributed by atoms with van der Waals surface area (Å²) >= 11 is 0. The molecule has 0 unspecified atom stereocenters. The number of benzene rings is 1. The number of anilines is 2. The van der Waals surface area contributed by atoms with Gasteiger partial charge in [0.25, 0.3) is 0 Å². The standard InChI is InChI=1S/C34H41FN8O2/c1-23-7-5-8-25-17-37-19-30(32(23)25)41-14-12-28-29(21-41)38-34(45-22-24(2)40(4)26-10-11-26)39-33(28)42-15-16-43(27(20-42)18-36-3)31(44)9-6-13-35/h5-9,17,19,24,26-27H,10-16,18,20-22H2,1-2,4H3/b9-6+/t24-,27-/m0/s1. The minimum Gasteiger partial charge on any atom is -0.462 e. The molecule has 0 N–H and O–H groups in total. The molecule has 0 spiro atoms. The maximum atomic E-state index is 12.8. The smallest absolute Gasteiger partial charge is 0.318 e. The minimum atomic E-state index is -0.699. The van der Waals surface area contributed by atoms with Gasteiger partial charge in [-0.05, 0) is 51.8 Å². The zero-order chi connectivity index (χ0) is 31.5. The Morgan fingerprint density at radius 3 is 2.84 bits per heavy atom. The number of fused-ring (bicyclic) bond motifs is 2. The number of alkyl halides is 1. The van der Waals surface area contributed by atoms with Crippen molar-refractivity contribution in [3.05, 3.63) is 71.0 Å². The van der Waals surface area contributed by atoms with Crippen molar-refractivity contribution >= 4 is 28.2 Å². The number of hydrogen-bond donors (Lipinski definition) is 0. The van der Waals surface area contributed by atoms with E-state index in [0.717, 1.165) is 41.1 Å². The predicted molar refractivity (Wildman–Crippen MR) is 173 cm³/mol. The van der Waals surface area contributed by atoms with Gasteiger partial charge in [-0.2, -0.15) is 9.97 Å². The molecule has 1 aliphatic carbocycles. The number of carbonyl (C=O) groups excluding carboxylic acids is 1. The summed E-state index contributed by atoms with van der Waals surface area (Å²) < 4.78 is 19.0. The topological polar surface area (TPSA) is 82.3 Å². The number of halogens is 1. The van der Waals surface area contributed by atoms with Gasteiger partial charge in [0.2, 0.25) is 12.5 Å². The van der Waals surface area contributed by atoms with Crippen LogP contribution in [-0.4, -0.2) is 102 Å². The number of pyridine rings is 1. The number of ether oxygens (including phenoxy) is 1. The minimum absolute atomic E-state index is 0.161. The highest BCUT2D eigenvalue weighted by atomic mass is 19.1. The van der Waals surface area contributed by atoms with E-state index in [1.54, 1.807) is 4.90 Å². The number of amides is 1. The molecule has 4 heterocycles. The molecule has 236 valence electrons. The molecule has 45 heavy (non-hydrogen) atoms. The highest BCUT2D eigenvalue weighted by Crippen LogP contribution is 2.35. The van der Waals surface area contributed by atoms with Crippen molar-refractivity contribution in [2.45, 2.75) is 57.8 Å². The highest BCUT2D eigenvalue weighted by Gasteiger charge is 2.35. The molecule has 3 aromatic rings. The van der Waals surface area contributed by atoms with Gasteiger partial charge >= 0.3 is 6.01 Å². The van der Waals surface area contributed by atoms with Crippen molar-refractivity contribution in [1.29, 1.82) is 0 Å². The van der Waals surface area contributed by atoms with Crippen molar-refractivity contribution in [3.8, 4) is 6.01 Å². The summed E-state index contributed by atoms with van der Waals surface area (Å²) in [7, 11) is 2.14. The number of aromatic nitrogens is 3. The van der Waals surface area contributed by atoms with Crippen LogP contribution in [0.3, 0.4) is 0 Å². The van der Waals surface area contributed by atoms with Crippen LogP contribution in [-0.2, 0) is 17.8 Å². The van der Waals surface area contributed by atoms with Crippen LogP contribution in [0.5, 0.6) is 6.01 Å². The second-order valence-corrected chi connectivity index (χ2v) is 12.3. The van der Waals surface area contributed by atoms with E-state index in [1.807, 2.05) is 12.4 Å². The zero-order valence-electron chi connectivity index (χ0n) is 26.3. The van der Waals surface area contributed by atoms with Crippen molar-refractivity contribution in [3.63, 3.8) is 0 Å². The maximum absolute atomic E-state index is 12.8. The molecule has 10 nitrogen and oxygen atoms in total. The fourth-order valence-electron chi connectivity index (χ4n) is 6.56. The predicted octanol–water partition coefficient (Wildman–Crippen LogP) is 4.22. The normalized spacial score (nSPS) is 19.2. The monoisotopic (exact) mass is 612 g/mol. The highest BCUT2D eigenvalue weighted by molar-refractivity contribution is 5.96. The molecule has 11 heteroatoms. The first-order valence-corrected chi connectivity index (χ1v) is 15.8.